The molecule has 1 heteroatoms. The van der Waals surface area contributed by atoms with E-state index in [1.165, 1.54) is 14.7 Å². The van der Waals surface area contributed by atoms with Crippen molar-refractivity contribution in [2.45, 2.75) is 26.7 Å². The molecule has 0 heterocycles. The van der Waals surface area contributed by atoms with Crippen molar-refractivity contribution >= 4 is 22.6 Å². The zero-order valence-corrected chi connectivity index (χ0v) is 9.34. The molecule has 0 aliphatic carbocycles. The minimum absolute atomic E-state index is 0.641. The first kappa shape index (κ1) is 9.04. The fourth-order valence-electron chi connectivity index (χ4n) is 1.10. The van der Waals surface area contributed by atoms with Gasteiger partial charge in [-0.05, 0) is 47.1 Å². The quantitative estimate of drug-likeness (QED) is 0.675. The Morgan fingerprint density at radius 1 is 1.27 bits per heavy atom. The summed E-state index contributed by atoms with van der Waals surface area (Å²) in [6.45, 7) is 6.59. The summed E-state index contributed by atoms with van der Waals surface area (Å²) in [5.74, 6) is 0.641. The Labute approximate surface area is 82.2 Å². The molecule has 11 heavy (non-hydrogen) atoms. The highest BCUT2D eigenvalue weighted by Crippen LogP contribution is 2.21. The first-order valence-electron chi connectivity index (χ1n) is 3.87. The number of rotatable bonds is 1. The molecule has 1 aromatic rings. The van der Waals surface area contributed by atoms with Crippen molar-refractivity contribution in [2.24, 2.45) is 0 Å². The normalized spacial score (nSPS) is 10.6. The molecule has 0 aliphatic rings. The third-order valence-corrected chi connectivity index (χ3v) is 2.71. The monoisotopic (exact) mass is 260 g/mol. The van der Waals surface area contributed by atoms with Crippen molar-refractivity contribution < 1.29 is 0 Å². The van der Waals surface area contributed by atoms with Gasteiger partial charge in [0.1, 0.15) is 0 Å². The number of benzene rings is 1. The topological polar surface area (TPSA) is 0 Å². The van der Waals surface area contributed by atoms with Gasteiger partial charge in [0.25, 0.3) is 0 Å². The van der Waals surface area contributed by atoms with Crippen LogP contribution in [0.3, 0.4) is 0 Å². The molecular weight excluding hydrogens is 247 g/mol. The van der Waals surface area contributed by atoms with Crippen LogP contribution in [0.5, 0.6) is 0 Å². The molecule has 0 saturated heterocycles. The Morgan fingerprint density at radius 3 is 2.36 bits per heavy atom. The summed E-state index contributed by atoms with van der Waals surface area (Å²) >= 11 is 2.40. The highest BCUT2D eigenvalue weighted by Gasteiger charge is 2.02. The number of hydrogen-bond acceptors (Lipinski definition) is 0. The van der Waals surface area contributed by atoms with Gasteiger partial charge >= 0.3 is 0 Å². The maximum Gasteiger partial charge on any atom is 0.0167 e. The van der Waals surface area contributed by atoms with Crippen LogP contribution in [0.1, 0.15) is 30.9 Å². The van der Waals surface area contributed by atoms with E-state index < -0.39 is 0 Å². The van der Waals surface area contributed by atoms with Crippen molar-refractivity contribution in [3.8, 4) is 0 Å². The molecule has 0 aliphatic heterocycles. The Kier molecular flexibility index (Phi) is 2.93. The van der Waals surface area contributed by atoms with Crippen LogP contribution in [-0.4, -0.2) is 0 Å². The summed E-state index contributed by atoms with van der Waals surface area (Å²) in [7, 11) is 0. The number of aryl methyl sites for hydroxylation is 1. The van der Waals surface area contributed by atoms with E-state index in [9.17, 15) is 0 Å². The van der Waals surface area contributed by atoms with Crippen LogP contribution in [0.25, 0.3) is 0 Å². The summed E-state index contributed by atoms with van der Waals surface area (Å²) in [5.41, 5.74) is 2.80. The van der Waals surface area contributed by atoms with Gasteiger partial charge in [0.15, 0.2) is 0 Å². The predicted molar refractivity (Wildman–Crippen MR) is 58.0 cm³/mol. The second-order valence-electron chi connectivity index (χ2n) is 3.18. The largest absolute Gasteiger partial charge is 0.0590 e. The van der Waals surface area contributed by atoms with Crippen molar-refractivity contribution in [3.63, 3.8) is 0 Å². The number of halogens is 1. The van der Waals surface area contributed by atoms with E-state index in [0.29, 0.717) is 5.92 Å². The molecule has 0 N–H and O–H groups in total. The van der Waals surface area contributed by atoms with Crippen molar-refractivity contribution in [1.29, 1.82) is 0 Å². The Morgan fingerprint density at radius 2 is 1.91 bits per heavy atom. The molecule has 1 rings (SSSR count). The molecule has 0 radical (unpaired) electrons. The summed E-state index contributed by atoms with van der Waals surface area (Å²) in [6.07, 6.45) is 0. The van der Waals surface area contributed by atoms with Gasteiger partial charge in [-0.3, -0.25) is 0 Å². The van der Waals surface area contributed by atoms with E-state index in [0.717, 1.165) is 0 Å². The maximum atomic E-state index is 2.40. The third kappa shape index (κ3) is 2.19. The van der Waals surface area contributed by atoms with Gasteiger partial charge in [-0.2, -0.15) is 0 Å². The summed E-state index contributed by atoms with van der Waals surface area (Å²) in [6, 6.07) is 6.63. The summed E-state index contributed by atoms with van der Waals surface area (Å²) < 4.78 is 1.39. The lowest BCUT2D eigenvalue weighted by atomic mass is 10.0. The predicted octanol–water partition coefficient (Wildman–Crippen LogP) is 3.72. The van der Waals surface area contributed by atoms with Crippen molar-refractivity contribution in [1.82, 2.24) is 0 Å². The fraction of sp³-hybridized carbons (Fsp3) is 0.400. The van der Waals surface area contributed by atoms with E-state index in [1.54, 1.807) is 0 Å². The van der Waals surface area contributed by atoms with E-state index in [-0.39, 0.29) is 0 Å². The minimum Gasteiger partial charge on any atom is -0.0590 e. The second-order valence-corrected chi connectivity index (χ2v) is 4.34. The molecule has 0 spiro atoms. The maximum absolute atomic E-state index is 2.40. The van der Waals surface area contributed by atoms with Crippen molar-refractivity contribution in [3.05, 3.63) is 32.9 Å². The van der Waals surface area contributed by atoms with Crippen LogP contribution in [0, 0.1) is 10.5 Å². The molecule has 0 amide bonds. The molecule has 0 atom stereocenters. The SMILES string of the molecule is Cc1ccc(C(C)C)c(I)c1. The fourth-order valence-corrected chi connectivity index (χ4v) is 2.39. The van der Waals surface area contributed by atoms with Gasteiger partial charge in [0, 0.05) is 3.57 Å². The summed E-state index contributed by atoms with van der Waals surface area (Å²) in [5, 5.41) is 0. The Balaban J connectivity index is 3.09. The van der Waals surface area contributed by atoms with E-state index in [2.05, 4.69) is 61.6 Å². The highest BCUT2D eigenvalue weighted by atomic mass is 127. The number of hydrogen-bond donors (Lipinski definition) is 0. The Bertz CT molecular complexity index is 251. The van der Waals surface area contributed by atoms with Crippen LogP contribution >= 0.6 is 22.6 Å². The lowest BCUT2D eigenvalue weighted by Crippen LogP contribution is -1.91. The molecule has 1 aromatic carbocycles. The Hall–Kier alpha value is -0.0500. The molecule has 0 fully saturated rings. The van der Waals surface area contributed by atoms with Crippen molar-refractivity contribution in [2.75, 3.05) is 0 Å². The molecule has 0 bridgehead atoms. The van der Waals surface area contributed by atoms with Gasteiger partial charge in [0.2, 0.25) is 0 Å². The van der Waals surface area contributed by atoms with Crippen LogP contribution in [0.2, 0.25) is 0 Å². The average molecular weight is 260 g/mol. The lowest BCUT2D eigenvalue weighted by Gasteiger charge is -2.08. The molecular formula is C10H13I. The van der Waals surface area contributed by atoms with Crippen LogP contribution < -0.4 is 0 Å². The van der Waals surface area contributed by atoms with E-state index in [1.807, 2.05) is 0 Å². The van der Waals surface area contributed by atoms with Gasteiger partial charge in [-0.25, -0.2) is 0 Å². The van der Waals surface area contributed by atoms with Gasteiger partial charge in [-0.1, -0.05) is 31.5 Å². The molecule has 0 unspecified atom stereocenters. The lowest BCUT2D eigenvalue weighted by molar-refractivity contribution is 0.859. The van der Waals surface area contributed by atoms with Gasteiger partial charge in [-0.15, -0.1) is 0 Å². The zero-order valence-electron chi connectivity index (χ0n) is 7.19. The first-order chi connectivity index (χ1) is 5.11. The van der Waals surface area contributed by atoms with Gasteiger partial charge < -0.3 is 0 Å². The molecule has 0 aromatic heterocycles. The molecule has 0 nitrogen and oxygen atoms in total. The first-order valence-corrected chi connectivity index (χ1v) is 4.95. The minimum atomic E-state index is 0.641. The van der Waals surface area contributed by atoms with Crippen LogP contribution in [-0.2, 0) is 0 Å². The van der Waals surface area contributed by atoms with Crippen LogP contribution in [0.4, 0.5) is 0 Å². The van der Waals surface area contributed by atoms with Gasteiger partial charge in [0.05, 0.1) is 0 Å². The molecule has 60 valence electrons. The average Bonchev–Trinajstić information content (AvgIpc) is 1.85. The summed E-state index contributed by atoms with van der Waals surface area (Å²) in [4.78, 5) is 0. The second kappa shape index (κ2) is 3.57. The smallest absolute Gasteiger partial charge is 0.0167 e. The van der Waals surface area contributed by atoms with E-state index >= 15 is 0 Å². The molecule has 0 saturated carbocycles. The zero-order chi connectivity index (χ0) is 8.43. The van der Waals surface area contributed by atoms with Crippen LogP contribution in [0.15, 0.2) is 18.2 Å². The third-order valence-electron chi connectivity index (χ3n) is 1.78. The standard InChI is InChI=1S/C10H13I/c1-7(2)9-5-4-8(3)6-10(9)11/h4-7H,1-3H3. The highest BCUT2D eigenvalue weighted by molar-refractivity contribution is 14.1. The van der Waals surface area contributed by atoms with E-state index in [4.69, 9.17) is 0 Å².